The molecule has 0 atom stereocenters. The normalized spacial score (nSPS) is 11.3. The first-order valence-electron chi connectivity index (χ1n) is 7.13. The third-order valence-corrected chi connectivity index (χ3v) is 3.80. The van der Waals surface area contributed by atoms with E-state index in [2.05, 4.69) is 15.2 Å². The molecular formula is C17H13FN4O. The van der Waals surface area contributed by atoms with Crippen molar-refractivity contribution in [1.82, 2.24) is 19.6 Å². The first-order chi connectivity index (χ1) is 11.2. The fourth-order valence-electron chi connectivity index (χ4n) is 2.74. The number of nitrogens with zero attached hydrogens (tertiary/aromatic N) is 4. The van der Waals surface area contributed by atoms with Gasteiger partial charge in [-0.3, -0.25) is 4.40 Å². The van der Waals surface area contributed by atoms with Gasteiger partial charge in [0.05, 0.1) is 23.9 Å². The number of rotatable bonds is 2. The van der Waals surface area contributed by atoms with E-state index in [9.17, 15) is 4.39 Å². The number of fused-ring (bicyclic) bond motifs is 3. The van der Waals surface area contributed by atoms with Crippen LogP contribution in [0.2, 0.25) is 0 Å². The van der Waals surface area contributed by atoms with Gasteiger partial charge in [0.25, 0.3) is 0 Å². The molecule has 0 fully saturated rings. The maximum Gasteiger partial charge on any atom is 0.183 e. The highest BCUT2D eigenvalue weighted by atomic mass is 19.1. The van der Waals surface area contributed by atoms with E-state index in [1.807, 2.05) is 35.6 Å². The SMILES string of the molecule is COc1ccccc1-c1nc(C)c2nnc3cc(F)ccc3n12. The lowest BCUT2D eigenvalue weighted by Crippen LogP contribution is -1.98. The number of hydrogen-bond acceptors (Lipinski definition) is 4. The van der Waals surface area contributed by atoms with Gasteiger partial charge in [0.15, 0.2) is 5.65 Å². The van der Waals surface area contributed by atoms with Gasteiger partial charge in [-0.25, -0.2) is 9.37 Å². The number of para-hydroxylation sites is 1. The molecule has 0 amide bonds. The van der Waals surface area contributed by atoms with Gasteiger partial charge >= 0.3 is 0 Å². The molecule has 2 aromatic carbocycles. The molecular weight excluding hydrogens is 295 g/mol. The smallest absolute Gasteiger partial charge is 0.183 e. The Morgan fingerprint density at radius 3 is 2.74 bits per heavy atom. The van der Waals surface area contributed by atoms with E-state index in [4.69, 9.17) is 4.74 Å². The van der Waals surface area contributed by atoms with Crippen molar-refractivity contribution in [2.24, 2.45) is 0 Å². The molecule has 6 heteroatoms. The van der Waals surface area contributed by atoms with Crippen molar-refractivity contribution < 1.29 is 9.13 Å². The van der Waals surface area contributed by atoms with E-state index in [1.54, 1.807) is 13.2 Å². The molecule has 114 valence electrons. The maximum absolute atomic E-state index is 13.5. The van der Waals surface area contributed by atoms with Crippen LogP contribution < -0.4 is 4.74 Å². The van der Waals surface area contributed by atoms with Crippen molar-refractivity contribution in [3.05, 3.63) is 54.0 Å². The molecule has 0 aliphatic carbocycles. The molecule has 2 aromatic heterocycles. The van der Waals surface area contributed by atoms with Crippen LogP contribution in [0.15, 0.2) is 42.5 Å². The third-order valence-electron chi connectivity index (χ3n) is 3.80. The van der Waals surface area contributed by atoms with Crippen molar-refractivity contribution in [3.8, 4) is 17.1 Å². The molecule has 23 heavy (non-hydrogen) atoms. The van der Waals surface area contributed by atoms with Crippen molar-refractivity contribution in [1.29, 1.82) is 0 Å². The van der Waals surface area contributed by atoms with Gasteiger partial charge in [0.1, 0.15) is 22.9 Å². The van der Waals surface area contributed by atoms with Gasteiger partial charge in [-0.05, 0) is 31.2 Å². The van der Waals surface area contributed by atoms with Crippen molar-refractivity contribution in [2.45, 2.75) is 6.92 Å². The number of halogens is 1. The van der Waals surface area contributed by atoms with E-state index < -0.39 is 0 Å². The van der Waals surface area contributed by atoms with Crippen LogP contribution in [0.5, 0.6) is 5.75 Å². The molecule has 0 spiro atoms. The van der Waals surface area contributed by atoms with Crippen molar-refractivity contribution in [2.75, 3.05) is 7.11 Å². The second-order valence-electron chi connectivity index (χ2n) is 5.21. The van der Waals surface area contributed by atoms with Gasteiger partial charge in [0, 0.05) is 6.07 Å². The zero-order valence-corrected chi connectivity index (χ0v) is 12.6. The fraction of sp³-hybridized carbons (Fsp3) is 0.118. The third kappa shape index (κ3) is 2.03. The molecule has 4 rings (SSSR count). The predicted molar refractivity (Wildman–Crippen MR) is 85.0 cm³/mol. The topological polar surface area (TPSA) is 52.3 Å². The Morgan fingerprint density at radius 2 is 1.91 bits per heavy atom. The van der Waals surface area contributed by atoms with Crippen LogP contribution in [-0.2, 0) is 0 Å². The van der Waals surface area contributed by atoms with Gasteiger partial charge in [0.2, 0.25) is 0 Å². The second kappa shape index (κ2) is 5.01. The summed E-state index contributed by atoms with van der Waals surface area (Å²) in [5.41, 5.74) is 3.47. The highest BCUT2D eigenvalue weighted by Crippen LogP contribution is 2.31. The molecule has 0 aliphatic rings. The van der Waals surface area contributed by atoms with E-state index in [0.717, 1.165) is 16.8 Å². The maximum atomic E-state index is 13.5. The Morgan fingerprint density at radius 1 is 1.09 bits per heavy atom. The van der Waals surface area contributed by atoms with Crippen LogP contribution in [0.25, 0.3) is 28.1 Å². The summed E-state index contributed by atoms with van der Waals surface area (Å²) >= 11 is 0. The Kier molecular flexibility index (Phi) is 2.97. The van der Waals surface area contributed by atoms with Crippen molar-refractivity contribution >= 4 is 16.7 Å². The van der Waals surface area contributed by atoms with Gasteiger partial charge < -0.3 is 4.74 Å². The number of benzene rings is 2. The number of aromatic nitrogens is 4. The lowest BCUT2D eigenvalue weighted by molar-refractivity contribution is 0.416. The van der Waals surface area contributed by atoms with Crippen LogP contribution in [0, 0.1) is 12.7 Å². The zero-order chi connectivity index (χ0) is 16.0. The van der Waals surface area contributed by atoms with E-state index >= 15 is 0 Å². The van der Waals surface area contributed by atoms with Crippen LogP contribution in [0.3, 0.4) is 0 Å². The molecule has 5 nitrogen and oxygen atoms in total. The van der Waals surface area contributed by atoms with E-state index in [0.29, 0.717) is 22.7 Å². The summed E-state index contributed by atoms with van der Waals surface area (Å²) in [6, 6.07) is 12.1. The fourth-order valence-corrected chi connectivity index (χ4v) is 2.74. The average Bonchev–Trinajstić information content (AvgIpc) is 2.91. The molecule has 0 unspecified atom stereocenters. The van der Waals surface area contributed by atoms with Gasteiger partial charge in [-0.2, -0.15) is 0 Å². The van der Waals surface area contributed by atoms with Crippen molar-refractivity contribution in [3.63, 3.8) is 0 Å². The standard InChI is InChI=1S/C17H13FN4O/c1-10-16-21-20-13-9-11(18)7-8-14(13)22(16)17(19-10)12-5-3-4-6-15(12)23-2/h3-9H,1-2H3. The Bertz CT molecular complexity index is 1040. The van der Waals surface area contributed by atoms with Crippen LogP contribution >= 0.6 is 0 Å². The monoisotopic (exact) mass is 308 g/mol. The molecule has 0 radical (unpaired) electrons. The molecule has 2 heterocycles. The lowest BCUT2D eigenvalue weighted by Gasteiger charge is -2.08. The largest absolute Gasteiger partial charge is 0.496 e. The van der Waals surface area contributed by atoms with Gasteiger partial charge in [-0.15, -0.1) is 10.2 Å². The minimum Gasteiger partial charge on any atom is -0.496 e. The molecule has 0 N–H and O–H groups in total. The van der Waals surface area contributed by atoms with Crippen LogP contribution in [0.4, 0.5) is 4.39 Å². The van der Waals surface area contributed by atoms with E-state index in [-0.39, 0.29) is 5.82 Å². The molecule has 0 saturated carbocycles. The predicted octanol–water partition coefficient (Wildman–Crippen LogP) is 3.40. The first-order valence-corrected chi connectivity index (χ1v) is 7.13. The highest BCUT2D eigenvalue weighted by molar-refractivity contribution is 5.81. The van der Waals surface area contributed by atoms with Crippen LogP contribution in [-0.4, -0.2) is 26.7 Å². The summed E-state index contributed by atoms with van der Waals surface area (Å²) in [7, 11) is 1.62. The number of ether oxygens (including phenoxy) is 1. The summed E-state index contributed by atoms with van der Waals surface area (Å²) in [6.07, 6.45) is 0. The first kappa shape index (κ1) is 13.6. The highest BCUT2D eigenvalue weighted by Gasteiger charge is 2.17. The molecule has 4 aromatic rings. The minimum atomic E-state index is -0.346. The Hall–Kier alpha value is -3.02. The average molecular weight is 308 g/mol. The summed E-state index contributed by atoms with van der Waals surface area (Å²) in [5.74, 6) is 1.06. The van der Waals surface area contributed by atoms with Gasteiger partial charge in [-0.1, -0.05) is 12.1 Å². The summed E-state index contributed by atoms with van der Waals surface area (Å²) in [6.45, 7) is 1.87. The van der Waals surface area contributed by atoms with E-state index in [1.165, 1.54) is 12.1 Å². The van der Waals surface area contributed by atoms with Crippen LogP contribution in [0.1, 0.15) is 5.69 Å². The summed E-state index contributed by atoms with van der Waals surface area (Å²) in [4.78, 5) is 4.63. The summed E-state index contributed by atoms with van der Waals surface area (Å²) < 4.78 is 20.8. The number of aryl methyl sites for hydroxylation is 1. The number of methoxy groups -OCH3 is 1. The molecule has 0 aliphatic heterocycles. The second-order valence-corrected chi connectivity index (χ2v) is 5.21. The quantitative estimate of drug-likeness (QED) is 0.569. The number of imidazole rings is 1. The zero-order valence-electron chi connectivity index (χ0n) is 12.6. The lowest BCUT2D eigenvalue weighted by atomic mass is 10.2. The molecule has 0 saturated heterocycles. The Balaban J connectivity index is 2.15. The number of hydrogen-bond donors (Lipinski definition) is 0. The Labute approximate surface area is 131 Å². The molecule has 0 bridgehead atoms. The minimum absolute atomic E-state index is 0.346. The summed E-state index contributed by atoms with van der Waals surface area (Å²) in [5, 5.41) is 8.29.